The highest BCUT2D eigenvalue weighted by molar-refractivity contribution is 7.89. The van der Waals surface area contributed by atoms with Gasteiger partial charge in [-0.2, -0.15) is 4.31 Å². The number of hydrogen-bond acceptors (Lipinski definition) is 4. The Hall–Kier alpha value is -1.19. The molecule has 0 radical (unpaired) electrons. The number of nitrogens with one attached hydrogen (secondary N) is 2. The van der Waals surface area contributed by atoms with Crippen LogP contribution in [0.2, 0.25) is 5.02 Å². The summed E-state index contributed by atoms with van der Waals surface area (Å²) in [6, 6.07) is 4.37. The second kappa shape index (κ2) is 10.0. The zero-order chi connectivity index (χ0) is 20.0. The molecule has 28 heavy (non-hydrogen) atoms. The lowest BCUT2D eigenvalue weighted by molar-refractivity contribution is -0.908. The van der Waals surface area contributed by atoms with E-state index in [4.69, 9.17) is 16.3 Å². The SMILES string of the molecule is O=C(NCCC[NH+]1CCOCC1)c1cc(S(=O)(=O)N2CCCCC2)ccc1Cl. The fourth-order valence-corrected chi connectivity index (χ4v) is 5.39. The second-order valence-corrected chi connectivity index (χ2v) is 9.67. The van der Waals surface area contributed by atoms with Crippen LogP contribution in [0.15, 0.2) is 23.1 Å². The summed E-state index contributed by atoms with van der Waals surface area (Å²) in [5.74, 6) is -0.335. The molecule has 2 aliphatic heterocycles. The molecule has 156 valence electrons. The third-order valence-corrected chi connectivity index (χ3v) is 7.55. The quantitative estimate of drug-likeness (QED) is 0.619. The van der Waals surface area contributed by atoms with Crippen LogP contribution >= 0.6 is 11.6 Å². The van der Waals surface area contributed by atoms with Gasteiger partial charge >= 0.3 is 0 Å². The van der Waals surface area contributed by atoms with E-state index < -0.39 is 10.0 Å². The third-order valence-electron chi connectivity index (χ3n) is 5.33. The largest absolute Gasteiger partial charge is 0.370 e. The average molecular weight is 431 g/mol. The lowest BCUT2D eigenvalue weighted by Crippen LogP contribution is -3.14. The summed E-state index contributed by atoms with van der Waals surface area (Å²) in [6.07, 6.45) is 3.63. The summed E-state index contributed by atoms with van der Waals surface area (Å²) in [5.41, 5.74) is 0.207. The van der Waals surface area contributed by atoms with Gasteiger partial charge in [0.05, 0.1) is 35.2 Å². The van der Waals surface area contributed by atoms with Gasteiger partial charge in [-0.15, -0.1) is 0 Å². The van der Waals surface area contributed by atoms with Crippen LogP contribution in [0.4, 0.5) is 0 Å². The van der Waals surface area contributed by atoms with E-state index in [0.29, 0.717) is 19.6 Å². The third kappa shape index (κ3) is 5.45. The molecule has 2 N–H and O–H groups in total. The molecule has 1 amide bonds. The van der Waals surface area contributed by atoms with Gasteiger partial charge in [0.2, 0.25) is 10.0 Å². The van der Waals surface area contributed by atoms with E-state index in [1.54, 1.807) is 0 Å². The van der Waals surface area contributed by atoms with Crippen LogP contribution in [-0.2, 0) is 14.8 Å². The first-order valence-electron chi connectivity index (χ1n) is 9.98. The van der Waals surface area contributed by atoms with E-state index in [9.17, 15) is 13.2 Å². The van der Waals surface area contributed by atoms with Crippen molar-refractivity contribution in [1.29, 1.82) is 0 Å². The zero-order valence-corrected chi connectivity index (χ0v) is 17.7. The molecular weight excluding hydrogens is 402 g/mol. The van der Waals surface area contributed by atoms with Crippen LogP contribution in [0.3, 0.4) is 0 Å². The highest BCUT2D eigenvalue weighted by Crippen LogP contribution is 2.25. The Kier molecular flexibility index (Phi) is 7.70. The van der Waals surface area contributed by atoms with Gasteiger partial charge in [0.15, 0.2) is 0 Å². The molecule has 0 unspecified atom stereocenters. The first kappa shape index (κ1) is 21.5. The van der Waals surface area contributed by atoms with Crippen molar-refractivity contribution in [1.82, 2.24) is 9.62 Å². The topological polar surface area (TPSA) is 80.1 Å². The van der Waals surface area contributed by atoms with Crippen LogP contribution in [0.5, 0.6) is 0 Å². The van der Waals surface area contributed by atoms with Crippen LogP contribution < -0.4 is 10.2 Å². The molecule has 0 aliphatic carbocycles. The highest BCUT2D eigenvalue weighted by atomic mass is 35.5. The predicted molar refractivity (Wildman–Crippen MR) is 107 cm³/mol. The fraction of sp³-hybridized carbons (Fsp3) is 0.632. The van der Waals surface area contributed by atoms with Crippen LogP contribution in [0.25, 0.3) is 0 Å². The first-order chi connectivity index (χ1) is 13.5. The van der Waals surface area contributed by atoms with Gasteiger partial charge in [-0.25, -0.2) is 8.42 Å². The second-order valence-electron chi connectivity index (χ2n) is 7.33. The van der Waals surface area contributed by atoms with Crippen molar-refractivity contribution in [3.8, 4) is 0 Å². The number of benzene rings is 1. The maximum absolute atomic E-state index is 12.8. The maximum atomic E-state index is 12.8. The lowest BCUT2D eigenvalue weighted by Gasteiger charge is -2.26. The summed E-state index contributed by atoms with van der Waals surface area (Å²) < 4.78 is 32.5. The summed E-state index contributed by atoms with van der Waals surface area (Å²) in [7, 11) is -3.59. The first-order valence-corrected chi connectivity index (χ1v) is 11.8. The highest BCUT2D eigenvalue weighted by Gasteiger charge is 2.27. The van der Waals surface area contributed by atoms with Crippen molar-refractivity contribution in [3.63, 3.8) is 0 Å². The minimum atomic E-state index is -3.59. The van der Waals surface area contributed by atoms with Crippen LogP contribution in [0.1, 0.15) is 36.0 Å². The van der Waals surface area contributed by atoms with Crippen molar-refractivity contribution in [2.75, 3.05) is 52.5 Å². The predicted octanol–water partition coefficient (Wildman–Crippen LogP) is 0.550. The number of amides is 1. The number of sulfonamides is 1. The Bertz CT molecular complexity index is 775. The van der Waals surface area contributed by atoms with Crippen molar-refractivity contribution in [3.05, 3.63) is 28.8 Å². The van der Waals surface area contributed by atoms with Gasteiger partial charge in [0.1, 0.15) is 13.1 Å². The number of morpholine rings is 1. The van der Waals surface area contributed by atoms with E-state index in [1.165, 1.54) is 27.4 Å². The molecule has 0 aromatic heterocycles. The van der Waals surface area contributed by atoms with E-state index in [-0.39, 0.29) is 21.4 Å². The Morgan fingerprint density at radius 2 is 1.89 bits per heavy atom. The molecule has 1 aromatic rings. The number of carbonyl (C=O) groups is 1. The molecule has 2 aliphatic rings. The molecule has 2 saturated heterocycles. The van der Waals surface area contributed by atoms with Crippen LogP contribution in [0, 0.1) is 0 Å². The molecule has 3 rings (SSSR count). The molecule has 1 aromatic carbocycles. The molecule has 2 fully saturated rings. The number of quaternary nitrogens is 1. The summed E-state index contributed by atoms with van der Waals surface area (Å²) in [5, 5.41) is 3.12. The summed E-state index contributed by atoms with van der Waals surface area (Å²) in [4.78, 5) is 14.1. The van der Waals surface area contributed by atoms with Gasteiger partial charge < -0.3 is 15.0 Å². The maximum Gasteiger partial charge on any atom is 0.252 e. The smallest absolute Gasteiger partial charge is 0.252 e. The van der Waals surface area contributed by atoms with E-state index in [1.807, 2.05) is 0 Å². The van der Waals surface area contributed by atoms with Gasteiger partial charge in [-0.3, -0.25) is 4.79 Å². The van der Waals surface area contributed by atoms with Crippen molar-refractivity contribution in [2.24, 2.45) is 0 Å². The molecule has 7 nitrogen and oxygen atoms in total. The molecule has 0 spiro atoms. The average Bonchev–Trinajstić information content (AvgIpc) is 2.72. The van der Waals surface area contributed by atoms with E-state index in [0.717, 1.165) is 58.5 Å². The van der Waals surface area contributed by atoms with Gasteiger partial charge in [-0.1, -0.05) is 18.0 Å². The van der Waals surface area contributed by atoms with Gasteiger partial charge in [0, 0.05) is 26.1 Å². The number of rotatable bonds is 7. The van der Waals surface area contributed by atoms with Crippen LogP contribution in [-0.4, -0.2) is 71.1 Å². The van der Waals surface area contributed by atoms with Crippen molar-refractivity contribution in [2.45, 2.75) is 30.6 Å². The molecule has 0 bridgehead atoms. The Morgan fingerprint density at radius 3 is 2.61 bits per heavy atom. The number of carbonyl (C=O) groups excluding carboxylic acids is 1. The monoisotopic (exact) mass is 430 g/mol. The number of piperidine rings is 1. The Labute approximate surface area is 172 Å². The summed E-state index contributed by atoms with van der Waals surface area (Å²) in [6.45, 7) is 6.12. The molecule has 0 atom stereocenters. The van der Waals surface area contributed by atoms with Crippen molar-refractivity contribution < 1.29 is 22.8 Å². The number of ether oxygens (including phenoxy) is 1. The zero-order valence-electron chi connectivity index (χ0n) is 16.1. The standard InChI is InChI=1S/C19H28ClN3O4S/c20-18-6-5-16(28(25,26)23-9-2-1-3-10-23)15-17(18)19(24)21-7-4-8-22-11-13-27-14-12-22/h5-6,15H,1-4,7-14H2,(H,21,24)/p+1. The summed E-state index contributed by atoms with van der Waals surface area (Å²) >= 11 is 6.17. The molecular formula is C19H29ClN3O4S+. The molecule has 0 saturated carbocycles. The van der Waals surface area contributed by atoms with E-state index >= 15 is 0 Å². The van der Waals surface area contributed by atoms with Gasteiger partial charge in [0.25, 0.3) is 5.91 Å². The minimum Gasteiger partial charge on any atom is -0.370 e. The number of hydrogen-bond donors (Lipinski definition) is 2. The van der Waals surface area contributed by atoms with Crippen molar-refractivity contribution >= 4 is 27.5 Å². The lowest BCUT2D eigenvalue weighted by atomic mass is 10.2. The minimum absolute atomic E-state index is 0.127. The normalized spacial score (nSPS) is 19.5. The fourth-order valence-electron chi connectivity index (χ4n) is 3.64. The Balaban J connectivity index is 1.59. The van der Waals surface area contributed by atoms with E-state index in [2.05, 4.69) is 5.32 Å². The molecule has 9 heteroatoms. The van der Waals surface area contributed by atoms with Gasteiger partial charge in [-0.05, 0) is 31.0 Å². The number of nitrogens with zero attached hydrogens (tertiary/aromatic N) is 1. The molecule has 2 heterocycles. The Morgan fingerprint density at radius 1 is 1.18 bits per heavy atom. The number of halogens is 1.